The zero-order chi connectivity index (χ0) is 23.7. The number of carbonyl (C=O) groups excluding carboxylic acids is 2. The number of Topliss-reactive ketones (excluding diaryl/α,β-unsaturated/α-hetero) is 1. The van der Waals surface area contributed by atoms with Gasteiger partial charge in [0.05, 0.1) is 21.1 Å². The highest BCUT2D eigenvalue weighted by molar-refractivity contribution is 7.93. The van der Waals surface area contributed by atoms with Crippen LogP contribution in [0.4, 0.5) is 0 Å². The number of nitrogens with zero attached hydrogens (tertiary/aromatic N) is 1. The average Bonchev–Trinajstić information content (AvgIpc) is 2.72. The Morgan fingerprint density at radius 3 is 1.62 bits per heavy atom. The van der Waals surface area contributed by atoms with Crippen LogP contribution in [0, 0.1) is 20.8 Å². The summed E-state index contributed by atoms with van der Waals surface area (Å²) in [4.78, 5) is 27.3. The van der Waals surface area contributed by atoms with Gasteiger partial charge < -0.3 is 9.05 Å². The Hall–Kier alpha value is -2.81. The van der Waals surface area contributed by atoms with Crippen molar-refractivity contribution >= 4 is 29.1 Å². The molecule has 0 N–H and O–H groups in total. The Morgan fingerprint density at radius 1 is 0.750 bits per heavy atom. The Kier molecular flexibility index (Phi) is 6.69. The lowest BCUT2D eigenvalue weighted by molar-refractivity contribution is -0.861. The van der Waals surface area contributed by atoms with E-state index in [1.54, 1.807) is 55.5 Å². The maximum Gasteiger partial charge on any atom is 0.230 e. The molecule has 0 spiro atoms. The maximum absolute atomic E-state index is 14.6. The monoisotopic (exact) mass is 448 g/mol. The number of benzene rings is 3. The van der Waals surface area contributed by atoms with Gasteiger partial charge >= 0.3 is 0 Å². The summed E-state index contributed by atoms with van der Waals surface area (Å²) in [6.45, 7) is 5.86. The van der Waals surface area contributed by atoms with Crippen LogP contribution in [0.3, 0.4) is 0 Å². The van der Waals surface area contributed by atoms with E-state index >= 15 is 0 Å². The predicted molar refractivity (Wildman–Crippen MR) is 132 cm³/mol. The molecule has 3 aromatic carbocycles. The summed E-state index contributed by atoms with van der Waals surface area (Å²) in [5, 5.41) is 0.990. The maximum atomic E-state index is 14.6. The van der Waals surface area contributed by atoms with Crippen LogP contribution in [-0.2, 0) is 4.57 Å². The SMILES string of the molecule is Cc1cc(C)c(C(=O)P(=O)(c2ccccc2)c2ccccc2)c(C)c1C(=O)C[N+](C)(C)C. The third kappa shape index (κ3) is 4.53. The predicted octanol–water partition coefficient (Wildman–Crippen LogP) is 4.66. The number of hydrogen-bond acceptors (Lipinski definition) is 3. The molecule has 0 atom stereocenters. The first kappa shape index (κ1) is 23.8. The Balaban J connectivity index is 2.26. The van der Waals surface area contributed by atoms with E-state index in [1.807, 2.05) is 53.2 Å². The van der Waals surface area contributed by atoms with Gasteiger partial charge in [0.15, 0.2) is 0 Å². The molecule has 4 nitrogen and oxygen atoms in total. The first-order valence-electron chi connectivity index (χ1n) is 10.7. The molecule has 3 aromatic rings. The van der Waals surface area contributed by atoms with Crippen molar-refractivity contribution in [1.82, 2.24) is 0 Å². The summed E-state index contributed by atoms with van der Waals surface area (Å²) in [5.41, 5.74) is 2.70. The van der Waals surface area contributed by atoms with Gasteiger partial charge in [0.25, 0.3) is 0 Å². The van der Waals surface area contributed by atoms with E-state index in [2.05, 4.69) is 0 Å². The van der Waals surface area contributed by atoms with E-state index < -0.39 is 12.7 Å². The Morgan fingerprint density at radius 2 is 1.19 bits per heavy atom. The van der Waals surface area contributed by atoms with E-state index in [0.717, 1.165) is 11.1 Å². The van der Waals surface area contributed by atoms with Crippen LogP contribution >= 0.6 is 7.14 Å². The minimum absolute atomic E-state index is 0.0178. The Labute approximate surface area is 190 Å². The van der Waals surface area contributed by atoms with Crippen molar-refractivity contribution in [3.8, 4) is 0 Å². The molecule has 0 unspecified atom stereocenters. The van der Waals surface area contributed by atoms with Gasteiger partial charge in [-0.25, -0.2) is 0 Å². The molecule has 5 heteroatoms. The molecule has 0 fully saturated rings. The van der Waals surface area contributed by atoms with Crippen LogP contribution in [0.5, 0.6) is 0 Å². The minimum atomic E-state index is -3.65. The molecule has 166 valence electrons. The topological polar surface area (TPSA) is 51.2 Å². The van der Waals surface area contributed by atoms with Crippen molar-refractivity contribution < 1.29 is 18.6 Å². The molecule has 0 saturated heterocycles. The third-order valence-corrected chi connectivity index (χ3v) is 8.45. The lowest BCUT2D eigenvalue weighted by atomic mass is 9.91. The smallest absolute Gasteiger partial charge is 0.230 e. The molecular weight excluding hydrogens is 417 g/mol. The zero-order valence-corrected chi connectivity index (χ0v) is 20.6. The van der Waals surface area contributed by atoms with Crippen molar-refractivity contribution in [2.45, 2.75) is 20.8 Å². The molecule has 0 bridgehead atoms. The molecule has 0 saturated carbocycles. The van der Waals surface area contributed by atoms with Crippen LogP contribution in [0.2, 0.25) is 0 Å². The normalized spacial score (nSPS) is 11.9. The molecule has 32 heavy (non-hydrogen) atoms. The average molecular weight is 449 g/mol. The van der Waals surface area contributed by atoms with E-state index in [1.165, 1.54) is 0 Å². The van der Waals surface area contributed by atoms with Gasteiger partial charge in [0.1, 0.15) is 6.54 Å². The van der Waals surface area contributed by atoms with Crippen molar-refractivity contribution in [2.24, 2.45) is 0 Å². The van der Waals surface area contributed by atoms with Crippen LogP contribution in [0.1, 0.15) is 37.4 Å². The van der Waals surface area contributed by atoms with Crippen molar-refractivity contribution in [2.75, 3.05) is 27.7 Å². The van der Waals surface area contributed by atoms with E-state index in [-0.39, 0.29) is 5.78 Å². The van der Waals surface area contributed by atoms with Crippen LogP contribution in [0.15, 0.2) is 66.7 Å². The van der Waals surface area contributed by atoms with Gasteiger partial charge in [0, 0.05) is 21.7 Å². The lowest BCUT2D eigenvalue weighted by Gasteiger charge is -2.25. The second-order valence-corrected chi connectivity index (χ2v) is 12.0. The van der Waals surface area contributed by atoms with Crippen LogP contribution < -0.4 is 10.6 Å². The van der Waals surface area contributed by atoms with Crippen molar-refractivity contribution in [3.63, 3.8) is 0 Å². The summed E-state index contributed by atoms with van der Waals surface area (Å²) < 4.78 is 15.1. The summed E-state index contributed by atoms with van der Waals surface area (Å²) in [6.07, 6.45) is 0. The quantitative estimate of drug-likeness (QED) is 0.300. The van der Waals surface area contributed by atoms with Gasteiger partial charge in [-0.05, 0) is 37.5 Å². The number of ketones is 1. The van der Waals surface area contributed by atoms with Gasteiger partial charge in [0.2, 0.25) is 18.4 Å². The number of quaternary nitrogens is 1. The number of likely N-dealkylation sites (N-methyl/N-ethyl adjacent to an activating group) is 1. The van der Waals surface area contributed by atoms with E-state index in [0.29, 0.717) is 38.3 Å². The second kappa shape index (κ2) is 8.97. The highest BCUT2D eigenvalue weighted by Gasteiger charge is 2.39. The highest BCUT2D eigenvalue weighted by Crippen LogP contribution is 2.48. The highest BCUT2D eigenvalue weighted by atomic mass is 31.2. The van der Waals surface area contributed by atoms with Crippen molar-refractivity contribution in [1.29, 1.82) is 0 Å². The van der Waals surface area contributed by atoms with E-state index in [4.69, 9.17) is 0 Å². The summed E-state index contributed by atoms with van der Waals surface area (Å²) >= 11 is 0. The molecule has 0 amide bonds. The molecule has 0 aliphatic heterocycles. The number of carbonyl (C=O) groups is 2. The molecule has 0 aliphatic rings. The van der Waals surface area contributed by atoms with E-state index in [9.17, 15) is 14.2 Å². The molecule has 3 rings (SSSR count). The fourth-order valence-corrected chi connectivity index (χ4v) is 6.88. The largest absolute Gasteiger partial charge is 0.324 e. The first-order chi connectivity index (χ1) is 15.0. The molecule has 0 heterocycles. The van der Waals surface area contributed by atoms with Gasteiger partial charge in [-0.3, -0.25) is 9.59 Å². The van der Waals surface area contributed by atoms with Gasteiger partial charge in [-0.1, -0.05) is 66.7 Å². The van der Waals surface area contributed by atoms with Crippen LogP contribution in [-0.4, -0.2) is 43.5 Å². The fraction of sp³-hybridized carbons (Fsp3) is 0.259. The number of aryl methyl sites for hydroxylation is 2. The third-order valence-electron chi connectivity index (χ3n) is 5.61. The number of rotatable bonds is 7. The lowest BCUT2D eigenvalue weighted by Crippen LogP contribution is -2.40. The molecule has 0 radical (unpaired) electrons. The molecule has 0 aromatic heterocycles. The van der Waals surface area contributed by atoms with Crippen molar-refractivity contribution in [3.05, 3.63) is 94.5 Å². The summed E-state index contributed by atoms with van der Waals surface area (Å²) in [6, 6.07) is 19.7. The summed E-state index contributed by atoms with van der Waals surface area (Å²) in [5.74, 6) is -0.0178. The molecule has 0 aliphatic carbocycles. The fourth-order valence-electron chi connectivity index (χ4n) is 4.27. The minimum Gasteiger partial charge on any atom is -0.324 e. The number of hydrogen-bond donors (Lipinski definition) is 0. The first-order valence-corrected chi connectivity index (χ1v) is 12.4. The van der Waals surface area contributed by atoms with Gasteiger partial charge in [-0.15, -0.1) is 0 Å². The summed E-state index contributed by atoms with van der Waals surface area (Å²) in [7, 11) is 2.23. The standard InChI is InChI=1S/C27H31NO3P/c1-19-17-20(2)26(21(3)25(19)24(29)18-28(4,5)6)27(30)32(31,22-13-9-7-10-14-22)23-15-11-8-12-16-23/h7-17H,18H2,1-6H3/q+1. The Bertz CT molecular complexity index is 1170. The molecular formula is C27H31NO3P+. The van der Waals surface area contributed by atoms with Crippen LogP contribution in [0.25, 0.3) is 0 Å². The second-order valence-electron chi connectivity index (χ2n) is 9.34. The zero-order valence-electron chi connectivity index (χ0n) is 19.7. The van der Waals surface area contributed by atoms with Gasteiger partial charge in [-0.2, -0.15) is 0 Å².